The molecule has 5 nitrogen and oxygen atoms in total. The molecule has 17 heavy (non-hydrogen) atoms. The minimum Gasteiger partial charge on any atom is -0.354 e. The van der Waals surface area contributed by atoms with Crippen molar-refractivity contribution in [1.29, 1.82) is 0 Å². The Kier molecular flexibility index (Phi) is 8.48. The first kappa shape index (κ1) is 16.6. The van der Waals surface area contributed by atoms with Crippen LogP contribution in [0.2, 0.25) is 0 Å². The number of carbonyl (C=O) groups is 1. The standard InChI is InChI=1S/C11H23NO4P/c1-5-7-11(12-10(3)13)8-9-17(14,15-4)16-6-2/h5,11H,6-9H2,1-4H3,(H,12,13). The normalized spacial score (nSPS) is 16.2. The van der Waals surface area contributed by atoms with Crippen LogP contribution in [0.5, 0.6) is 0 Å². The molecule has 6 heteroatoms. The zero-order valence-electron chi connectivity index (χ0n) is 11.1. The van der Waals surface area contributed by atoms with Crippen LogP contribution in [0.3, 0.4) is 0 Å². The van der Waals surface area contributed by atoms with Crippen LogP contribution < -0.4 is 5.32 Å². The first-order chi connectivity index (χ1) is 7.97. The highest BCUT2D eigenvalue weighted by atomic mass is 31.2. The largest absolute Gasteiger partial charge is 0.354 e. The van der Waals surface area contributed by atoms with Gasteiger partial charge in [0.15, 0.2) is 0 Å². The van der Waals surface area contributed by atoms with E-state index in [-0.39, 0.29) is 11.9 Å². The average Bonchev–Trinajstić information content (AvgIpc) is 2.26. The van der Waals surface area contributed by atoms with Gasteiger partial charge in [-0.15, -0.1) is 0 Å². The van der Waals surface area contributed by atoms with Crippen LogP contribution in [0.25, 0.3) is 0 Å². The van der Waals surface area contributed by atoms with E-state index in [1.807, 2.05) is 13.3 Å². The van der Waals surface area contributed by atoms with E-state index >= 15 is 0 Å². The minimum absolute atomic E-state index is 0.0126. The maximum Gasteiger partial charge on any atom is 0.330 e. The van der Waals surface area contributed by atoms with Crippen LogP contribution in [0.1, 0.15) is 33.6 Å². The smallest absolute Gasteiger partial charge is 0.330 e. The number of hydrogen-bond donors (Lipinski definition) is 1. The molecule has 0 saturated heterocycles. The molecule has 0 aromatic rings. The zero-order valence-corrected chi connectivity index (χ0v) is 12.0. The fraction of sp³-hybridized carbons (Fsp3) is 0.818. The van der Waals surface area contributed by atoms with Gasteiger partial charge in [-0.25, -0.2) is 0 Å². The lowest BCUT2D eigenvalue weighted by Gasteiger charge is -2.20. The van der Waals surface area contributed by atoms with Gasteiger partial charge >= 0.3 is 7.60 Å². The zero-order chi connectivity index (χ0) is 13.3. The van der Waals surface area contributed by atoms with Gasteiger partial charge in [-0.2, -0.15) is 0 Å². The molecule has 0 aliphatic heterocycles. The van der Waals surface area contributed by atoms with Gasteiger partial charge in [0.2, 0.25) is 5.91 Å². The first-order valence-corrected chi connectivity index (χ1v) is 7.54. The van der Waals surface area contributed by atoms with Crippen molar-refractivity contribution in [2.45, 2.75) is 39.7 Å². The fourth-order valence-electron chi connectivity index (χ4n) is 1.54. The SMILES string of the molecule is C[CH]CC(CCP(=O)(OC)OCC)NC(C)=O. The number of amides is 1. The lowest BCUT2D eigenvalue weighted by Crippen LogP contribution is -2.33. The van der Waals surface area contributed by atoms with E-state index in [1.165, 1.54) is 14.0 Å². The highest BCUT2D eigenvalue weighted by molar-refractivity contribution is 7.53. The summed E-state index contributed by atoms with van der Waals surface area (Å²) in [6.07, 6.45) is 3.61. The van der Waals surface area contributed by atoms with Gasteiger partial charge in [0.05, 0.1) is 12.8 Å². The molecular weight excluding hydrogens is 241 g/mol. The third-order valence-corrected chi connectivity index (χ3v) is 4.30. The number of carbonyl (C=O) groups excluding carboxylic acids is 1. The van der Waals surface area contributed by atoms with E-state index < -0.39 is 7.60 Å². The van der Waals surface area contributed by atoms with Crippen molar-refractivity contribution in [1.82, 2.24) is 5.32 Å². The maximum absolute atomic E-state index is 12.0. The van der Waals surface area contributed by atoms with Crippen molar-refractivity contribution >= 4 is 13.5 Å². The molecule has 0 rings (SSSR count). The summed E-state index contributed by atoms with van der Waals surface area (Å²) < 4.78 is 22.1. The van der Waals surface area contributed by atoms with Crippen molar-refractivity contribution in [3.05, 3.63) is 6.42 Å². The van der Waals surface area contributed by atoms with Crippen LogP contribution >= 0.6 is 7.60 Å². The van der Waals surface area contributed by atoms with Crippen molar-refractivity contribution in [3.8, 4) is 0 Å². The average molecular weight is 264 g/mol. The molecule has 0 heterocycles. The third-order valence-electron chi connectivity index (χ3n) is 2.28. The van der Waals surface area contributed by atoms with Crippen LogP contribution in [-0.4, -0.2) is 31.8 Å². The van der Waals surface area contributed by atoms with Crippen LogP contribution in [0.4, 0.5) is 0 Å². The van der Waals surface area contributed by atoms with Crippen LogP contribution in [0.15, 0.2) is 0 Å². The summed E-state index contributed by atoms with van der Waals surface area (Å²) in [7, 11) is -1.60. The quantitative estimate of drug-likeness (QED) is 0.649. The topological polar surface area (TPSA) is 64.6 Å². The monoisotopic (exact) mass is 264 g/mol. The molecule has 2 unspecified atom stereocenters. The minimum atomic E-state index is -2.99. The molecule has 0 aliphatic carbocycles. The van der Waals surface area contributed by atoms with E-state index in [9.17, 15) is 9.36 Å². The summed E-state index contributed by atoms with van der Waals surface area (Å²) >= 11 is 0. The molecule has 1 N–H and O–H groups in total. The van der Waals surface area contributed by atoms with Gasteiger partial charge in [-0.3, -0.25) is 9.36 Å². The third kappa shape index (κ3) is 7.53. The summed E-state index contributed by atoms with van der Waals surface area (Å²) in [5.41, 5.74) is 0. The Morgan fingerprint density at radius 2 is 2.18 bits per heavy atom. The molecule has 0 spiro atoms. The van der Waals surface area contributed by atoms with Crippen molar-refractivity contribution in [3.63, 3.8) is 0 Å². The summed E-state index contributed by atoms with van der Waals surface area (Å²) in [5, 5.41) is 2.82. The number of nitrogens with one attached hydrogen (secondary N) is 1. The Hall–Kier alpha value is -0.380. The fourth-order valence-corrected chi connectivity index (χ4v) is 2.98. The van der Waals surface area contributed by atoms with Gasteiger partial charge in [-0.05, 0) is 26.2 Å². The van der Waals surface area contributed by atoms with Crippen LogP contribution in [-0.2, 0) is 18.4 Å². The lowest BCUT2D eigenvalue weighted by atomic mass is 10.1. The van der Waals surface area contributed by atoms with Gasteiger partial charge < -0.3 is 14.4 Å². The predicted molar refractivity (Wildman–Crippen MR) is 67.9 cm³/mol. The lowest BCUT2D eigenvalue weighted by molar-refractivity contribution is -0.119. The highest BCUT2D eigenvalue weighted by Crippen LogP contribution is 2.47. The van der Waals surface area contributed by atoms with E-state index in [0.717, 1.165) is 6.42 Å². The Bertz CT molecular complexity index is 270. The predicted octanol–water partition coefficient (Wildman–Crippen LogP) is 2.37. The molecule has 1 amide bonds. The Morgan fingerprint density at radius 3 is 2.59 bits per heavy atom. The van der Waals surface area contributed by atoms with Crippen LogP contribution in [0, 0.1) is 6.42 Å². The Morgan fingerprint density at radius 1 is 1.53 bits per heavy atom. The molecule has 101 valence electrons. The molecule has 1 radical (unpaired) electrons. The number of hydrogen-bond acceptors (Lipinski definition) is 4. The van der Waals surface area contributed by atoms with E-state index in [1.54, 1.807) is 6.92 Å². The second-order valence-electron chi connectivity index (χ2n) is 3.76. The second kappa shape index (κ2) is 8.67. The molecule has 0 aromatic carbocycles. The first-order valence-electron chi connectivity index (χ1n) is 5.81. The van der Waals surface area contributed by atoms with Gasteiger partial charge in [0.1, 0.15) is 0 Å². The molecule has 0 bridgehead atoms. The Labute approximate surface area is 104 Å². The summed E-state index contributed by atoms with van der Waals surface area (Å²) in [5.74, 6) is -0.0829. The van der Waals surface area contributed by atoms with Gasteiger partial charge in [-0.1, -0.05) is 6.92 Å². The van der Waals surface area contributed by atoms with Gasteiger partial charge in [0.25, 0.3) is 0 Å². The molecule has 0 fully saturated rings. The van der Waals surface area contributed by atoms with Crippen molar-refractivity contribution in [2.75, 3.05) is 19.9 Å². The summed E-state index contributed by atoms with van der Waals surface area (Å²) in [4.78, 5) is 11.0. The second-order valence-corrected chi connectivity index (χ2v) is 6.06. The maximum atomic E-state index is 12.0. The molecule has 0 aromatic heterocycles. The molecule has 2 atom stereocenters. The van der Waals surface area contributed by atoms with E-state index in [4.69, 9.17) is 9.05 Å². The molecule has 0 aliphatic rings. The van der Waals surface area contributed by atoms with Crippen molar-refractivity contribution in [2.24, 2.45) is 0 Å². The van der Waals surface area contributed by atoms with E-state index in [0.29, 0.717) is 19.2 Å². The van der Waals surface area contributed by atoms with Gasteiger partial charge in [0, 0.05) is 20.1 Å². The number of rotatable bonds is 9. The van der Waals surface area contributed by atoms with Crippen molar-refractivity contribution < 1.29 is 18.4 Å². The Balaban J connectivity index is 4.26. The molecule has 0 saturated carbocycles. The van der Waals surface area contributed by atoms with E-state index in [2.05, 4.69) is 5.32 Å². The highest BCUT2D eigenvalue weighted by Gasteiger charge is 2.24. The summed E-state index contributed by atoms with van der Waals surface area (Å²) in [6.45, 7) is 5.53. The summed E-state index contributed by atoms with van der Waals surface area (Å²) in [6, 6.07) is -0.0126. The molecular formula is C11H23NO4P.